The smallest absolute Gasteiger partial charge is 0.326 e. The molecule has 2 atom stereocenters. The van der Waals surface area contributed by atoms with Crippen molar-refractivity contribution in [1.82, 2.24) is 20.1 Å². The van der Waals surface area contributed by atoms with Gasteiger partial charge in [0.15, 0.2) is 0 Å². The second kappa shape index (κ2) is 11.3. The number of rotatable bonds is 6. The number of hydrogen-bond donors (Lipinski definition) is 1. The number of aliphatic imine (C=N–C) groups is 1. The van der Waals surface area contributed by atoms with E-state index in [4.69, 9.17) is 21.3 Å². The van der Waals surface area contributed by atoms with Crippen LogP contribution < -0.4 is 10.1 Å². The van der Waals surface area contributed by atoms with Crippen LogP contribution in [0.1, 0.15) is 42.6 Å². The molecule has 2 unspecified atom stereocenters. The van der Waals surface area contributed by atoms with Crippen molar-refractivity contribution in [2.24, 2.45) is 4.99 Å². The zero-order chi connectivity index (χ0) is 28.4. The molecule has 5 rings (SSSR count). The molecule has 11 nitrogen and oxygen atoms in total. The predicted molar refractivity (Wildman–Crippen MR) is 148 cm³/mol. The highest BCUT2D eigenvalue weighted by Gasteiger charge is 2.45. The molecule has 40 heavy (non-hydrogen) atoms. The van der Waals surface area contributed by atoms with E-state index in [9.17, 15) is 19.7 Å². The number of carbonyl (C=O) groups excluding carboxylic acids is 2. The van der Waals surface area contributed by atoms with E-state index in [1.807, 2.05) is 32.0 Å². The van der Waals surface area contributed by atoms with E-state index in [1.165, 1.54) is 17.0 Å². The maximum Gasteiger partial charge on any atom is 0.326 e. The highest BCUT2D eigenvalue weighted by molar-refractivity contribution is 6.30. The van der Waals surface area contributed by atoms with Crippen LogP contribution in [-0.4, -0.2) is 63.2 Å². The Labute approximate surface area is 235 Å². The Morgan fingerprint density at radius 3 is 2.60 bits per heavy atom. The van der Waals surface area contributed by atoms with E-state index < -0.39 is 23.0 Å². The third kappa shape index (κ3) is 5.46. The number of hydrogen-bond acceptors (Lipinski definition) is 7. The average molecular weight is 563 g/mol. The van der Waals surface area contributed by atoms with Gasteiger partial charge in [0.1, 0.15) is 24.2 Å². The average Bonchev–Trinajstić information content (AvgIpc) is 3.33. The summed E-state index contributed by atoms with van der Waals surface area (Å²) in [6, 6.07) is 13.5. The number of amides is 3. The molecular weight excluding hydrogens is 536 g/mol. The Kier molecular flexibility index (Phi) is 7.65. The van der Waals surface area contributed by atoms with Gasteiger partial charge in [-0.1, -0.05) is 29.8 Å². The lowest BCUT2D eigenvalue weighted by atomic mass is 9.94. The number of carbonyl (C=O) groups is 2. The first-order valence-corrected chi connectivity index (χ1v) is 13.1. The molecule has 0 radical (unpaired) electrons. The number of amidine groups is 1. The topological polar surface area (TPSA) is 130 Å². The maximum atomic E-state index is 14.3. The molecule has 3 aromatic rings. The van der Waals surface area contributed by atoms with Gasteiger partial charge in [0.05, 0.1) is 28.7 Å². The number of nitro groups is 1. The fraction of sp³-hybridized carbons (Fsp3) is 0.286. The third-order valence-corrected chi connectivity index (χ3v) is 6.85. The summed E-state index contributed by atoms with van der Waals surface area (Å²) in [5.41, 5.74) is 1.79. The zero-order valence-electron chi connectivity index (χ0n) is 21.9. The van der Waals surface area contributed by atoms with Gasteiger partial charge in [-0.2, -0.15) is 0 Å². The van der Waals surface area contributed by atoms with Gasteiger partial charge in [0.2, 0.25) is 5.91 Å². The molecule has 206 valence electrons. The van der Waals surface area contributed by atoms with Crippen LogP contribution in [0.25, 0.3) is 0 Å². The molecule has 1 fully saturated rings. The maximum absolute atomic E-state index is 14.3. The fourth-order valence-electron chi connectivity index (χ4n) is 4.86. The minimum Gasteiger partial charge on any atom is -0.490 e. The molecule has 2 aromatic carbocycles. The Morgan fingerprint density at radius 2 is 1.95 bits per heavy atom. The molecular formula is C28H27ClN6O5. The molecule has 3 amide bonds. The standard InChI is InChI=1S/C28H27ClN6O5/c1-17(2)40-23-14-21(35(38)39)9-10-22(23)27-32-25(18-5-7-20(29)8-6-18)26(19-4-3-11-30-15-19)34(27)28(37)33-13-12-31-24(36)16-33/h3-11,14-15,17,25-26H,12-13,16H2,1-2H3,(H,31,36). The van der Waals surface area contributed by atoms with Gasteiger partial charge in [0.25, 0.3) is 5.69 Å². The molecule has 0 spiro atoms. The van der Waals surface area contributed by atoms with Gasteiger partial charge in [-0.05, 0) is 49.2 Å². The van der Waals surface area contributed by atoms with Crippen molar-refractivity contribution in [3.05, 3.63) is 98.8 Å². The molecule has 3 heterocycles. The SMILES string of the molecule is CC(C)Oc1cc([N+](=O)[O-])ccc1C1=NC(c2ccc(Cl)cc2)C(c2cccnc2)N1C(=O)N1CCNC(=O)C1. The molecule has 2 aliphatic heterocycles. The summed E-state index contributed by atoms with van der Waals surface area (Å²) < 4.78 is 6.01. The summed E-state index contributed by atoms with van der Waals surface area (Å²) in [6.07, 6.45) is 3.01. The first-order chi connectivity index (χ1) is 19.2. The van der Waals surface area contributed by atoms with Gasteiger partial charge in [0, 0.05) is 36.6 Å². The molecule has 12 heteroatoms. The number of urea groups is 1. The zero-order valence-corrected chi connectivity index (χ0v) is 22.6. The largest absolute Gasteiger partial charge is 0.490 e. The second-order valence-electron chi connectivity index (χ2n) is 9.71. The monoisotopic (exact) mass is 562 g/mol. The number of benzene rings is 2. The number of piperazine rings is 1. The van der Waals surface area contributed by atoms with Gasteiger partial charge in [-0.15, -0.1) is 0 Å². The van der Waals surface area contributed by atoms with E-state index >= 15 is 0 Å². The highest BCUT2D eigenvalue weighted by Crippen LogP contribution is 2.45. The van der Waals surface area contributed by atoms with Crippen molar-refractivity contribution in [1.29, 1.82) is 0 Å². The Morgan fingerprint density at radius 1 is 1.18 bits per heavy atom. The van der Waals surface area contributed by atoms with Crippen LogP contribution in [0.4, 0.5) is 10.5 Å². The summed E-state index contributed by atoms with van der Waals surface area (Å²) >= 11 is 6.17. The number of nitrogens with one attached hydrogen (secondary N) is 1. The first kappa shape index (κ1) is 27.1. The fourth-order valence-corrected chi connectivity index (χ4v) is 4.99. The highest BCUT2D eigenvalue weighted by atomic mass is 35.5. The molecule has 1 aromatic heterocycles. The third-order valence-electron chi connectivity index (χ3n) is 6.60. The van der Waals surface area contributed by atoms with E-state index in [0.717, 1.165) is 11.1 Å². The summed E-state index contributed by atoms with van der Waals surface area (Å²) in [7, 11) is 0. The lowest BCUT2D eigenvalue weighted by Crippen LogP contribution is -2.55. The van der Waals surface area contributed by atoms with Gasteiger partial charge in [-0.3, -0.25) is 29.8 Å². The molecule has 1 saturated heterocycles. The molecule has 0 saturated carbocycles. The van der Waals surface area contributed by atoms with Crippen LogP contribution in [0, 0.1) is 10.1 Å². The quantitative estimate of drug-likeness (QED) is 0.347. The van der Waals surface area contributed by atoms with Crippen molar-refractivity contribution >= 4 is 35.1 Å². The van der Waals surface area contributed by atoms with Crippen LogP contribution >= 0.6 is 11.6 Å². The normalized spacial score (nSPS) is 18.9. The van der Waals surface area contributed by atoms with Crippen molar-refractivity contribution in [3.8, 4) is 5.75 Å². The van der Waals surface area contributed by atoms with Crippen molar-refractivity contribution in [2.75, 3.05) is 19.6 Å². The Hall–Kier alpha value is -4.51. The molecule has 1 N–H and O–H groups in total. The number of halogens is 1. The minimum absolute atomic E-state index is 0.108. The van der Waals surface area contributed by atoms with E-state index in [-0.39, 0.29) is 35.8 Å². The van der Waals surface area contributed by atoms with Crippen LogP contribution in [0.15, 0.2) is 72.0 Å². The first-order valence-electron chi connectivity index (χ1n) is 12.8. The second-order valence-corrected chi connectivity index (χ2v) is 10.1. The Bertz CT molecular complexity index is 1460. The number of pyridine rings is 1. The number of ether oxygens (including phenoxy) is 1. The summed E-state index contributed by atoms with van der Waals surface area (Å²) in [5.74, 6) is 0.234. The number of non-ortho nitro benzene ring substituents is 1. The van der Waals surface area contributed by atoms with E-state index in [0.29, 0.717) is 23.7 Å². The van der Waals surface area contributed by atoms with Crippen molar-refractivity contribution in [3.63, 3.8) is 0 Å². The summed E-state index contributed by atoms with van der Waals surface area (Å²) in [6.45, 7) is 4.15. The Balaban J connectivity index is 1.71. The van der Waals surface area contributed by atoms with Gasteiger partial charge in [-0.25, -0.2) is 4.79 Å². The number of aromatic nitrogens is 1. The van der Waals surface area contributed by atoms with Crippen LogP contribution in [-0.2, 0) is 4.79 Å². The molecule has 0 bridgehead atoms. The number of nitrogens with zero attached hydrogens (tertiary/aromatic N) is 5. The lowest BCUT2D eigenvalue weighted by molar-refractivity contribution is -0.384. The number of nitro benzene ring substituents is 1. The minimum atomic E-state index is -0.635. The van der Waals surface area contributed by atoms with Crippen LogP contribution in [0.2, 0.25) is 5.02 Å². The van der Waals surface area contributed by atoms with E-state index in [2.05, 4.69) is 10.3 Å². The molecule has 2 aliphatic rings. The lowest BCUT2D eigenvalue weighted by Gasteiger charge is -2.35. The summed E-state index contributed by atoms with van der Waals surface area (Å²) in [4.78, 5) is 49.9. The predicted octanol–water partition coefficient (Wildman–Crippen LogP) is 4.53. The van der Waals surface area contributed by atoms with E-state index in [1.54, 1.807) is 41.6 Å². The van der Waals surface area contributed by atoms with Crippen molar-refractivity contribution < 1.29 is 19.2 Å². The van der Waals surface area contributed by atoms with Gasteiger partial charge < -0.3 is 15.0 Å². The van der Waals surface area contributed by atoms with Crippen LogP contribution in [0.3, 0.4) is 0 Å². The summed E-state index contributed by atoms with van der Waals surface area (Å²) in [5, 5.41) is 14.9. The molecule has 0 aliphatic carbocycles. The van der Waals surface area contributed by atoms with Gasteiger partial charge >= 0.3 is 6.03 Å². The van der Waals surface area contributed by atoms with Crippen LogP contribution in [0.5, 0.6) is 5.75 Å². The van der Waals surface area contributed by atoms with Crippen molar-refractivity contribution in [2.45, 2.75) is 32.0 Å².